The summed E-state index contributed by atoms with van der Waals surface area (Å²) in [6, 6.07) is 77.9. The minimum Gasteiger partial charge on any atom is -0.309 e. The molecule has 4 nitrogen and oxygen atoms in total. The summed E-state index contributed by atoms with van der Waals surface area (Å²) in [6.07, 6.45) is 0. The zero-order valence-electron chi connectivity index (χ0n) is 33.1. The molecular weight excluding hydrogens is 741 g/mol. The Labute approximate surface area is 352 Å². The Morgan fingerprint density at radius 1 is 0.262 bits per heavy atom. The maximum Gasteiger partial charge on any atom is 0.164 e. The minimum atomic E-state index is 0.630. The molecule has 0 aliphatic rings. The Morgan fingerprint density at radius 3 is 1.43 bits per heavy atom. The molecule has 2 heterocycles. The summed E-state index contributed by atoms with van der Waals surface area (Å²) in [6.45, 7) is 0. The van der Waals surface area contributed by atoms with Crippen molar-refractivity contribution in [1.82, 2.24) is 19.5 Å². The molecule has 2 aromatic heterocycles. The van der Waals surface area contributed by atoms with E-state index in [1.165, 1.54) is 65.3 Å². The summed E-state index contributed by atoms with van der Waals surface area (Å²) in [5.41, 5.74) is 11.0. The van der Waals surface area contributed by atoms with Crippen LogP contribution in [-0.4, -0.2) is 19.5 Å². The lowest BCUT2D eigenvalue weighted by molar-refractivity contribution is 1.07. The second kappa shape index (κ2) is 14.3. The fraction of sp³-hybridized carbons (Fsp3) is 0. The Morgan fingerprint density at radius 2 is 0.754 bits per heavy atom. The van der Waals surface area contributed by atoms with Crippen LogP contribution < -0.4 is 0 Å². The third-order valence-corrected chi connectivity index (χ3v) is 12.0. The summed E-state index contributed by atoms with van der Waals surface area (Å²) >= 11 is 0. The number of para-hydroxylation sites is 1. The highest BCUT2D eigenvalue weighted by Crippen LogP contribution is 2.40. The highest BCUT2D eigenvalue weighted by Gasteiger charge is 2.18. The SMILES string of the molecule is c1ccc(-c2nc(-c3ccccc3)nc(-c3cccc(-n4c5ccccc5c5c6cc(-c7ccc8ccc(-c9ccc%10ccccc%10c9)cc8c7)ccc6ccc54)c3)n2)cc1. The number of fused-ring (bicyclic) bond motifs is 7. The van der Waals surface area contributed by atoms with Crippen LogP contribution in [0.1, 0.15) is 0 Å². The average molecular weight is 777 g/mol. The van der Waals surface area contributed by atoms with Gasteiger partial charge in [0, 0.05) is 33.2 Å². The molecule has 4 heteroatoms. The van der Waals surface area contributed by atoms with Gasteiger partial charge in [0.2, 0.25) is 0 Å². The summed E-state index contributed by atoms with van der Waals surface area (Å²) < 4.78 is 2.38. The molecule has 0 bridgehead atoms. The van der Waals surface area contributed by atoms with Gasteiger partial charge in [-0.15, -0.1) is 0 Å². The van der Waals surface area contributed by atoms with E-state index in [0.717, 1.165) is 33.4 Å². The Hall–Kier alpha value is -8.21. The van der Waals surface area contributed by atoms with Gasteiger partial charge in [0.05, 0.1) is 11.0 Å². The van der Waals surface area contributed by atoms with Crippen LogP contribution in [0.25, 0.3) is 116 Å². The summed E-state index contributed by atoms with van der Waals surface area (Å²) in [5, 5.41) is 9.84. The van der Waals surface area contributed by atoms with Crippen LogP contribution in [0.5, 0.6) is 0 Å². The molecule has 61 heavy (non-hydrogen) atoms. The summed E-state index contributed by atoms with van der Waals surface area (Å²) in [4.78, 5) is 15.0. The second-order valence-electron chi connectivity index (χ2n) is 15.7. The quantitative estimate of drug-likeness (QED) is 0.169. The fourth-order valence-corrected chi connectivity index (χ4v) is 8.94. The van der Waals surface area contributed by atoms with Gasteiger partial charge >= 0.3 is 0 Å². The topological polar surface area (TPSA) is 43.6 Å². The van der Waals surface area contributed by atoms with Crippen molar-refractivity contribution in [3.8, 4) is 62.1 Å². The predicted octanol–water partition coefficient (Wildman–Crippen LogP) is 14.8. The van der Waals surface area contributed by atoms with Crippen LogP contribution in [0.15, 0.2) is 218 Å². The lowest BCUT2D eigenvalue weighted by Crippen LogP contribution is -2.01. The molecule has 12 aromatic rings. The van der Waals surface area contributed by atoms with Gasteiger partial charge in [-0.05, 0) is 103 Å². The molecule has 0 aliphatic heterocycles. The van der Waals surface area contributed by atoms with E-state index >= 15 is 0 Å². The first-order valence-electron chi connectivity index (χ1n) is 20.7. The summed E-state index contributed by atoms with van der Waals surface area (Å²) in [5.74, 6) is 1.92. The smallest absolute Gasteiger partial charge is 0.164 e. The maximum atomic E-state index is 5.04. The lowest BCUT2D eigenvalue weighted by atomic mass is 9.95. The Balaban J connectivity index is 0.981. The largest absolute Gasteiger partial charge is 0.309 e. The average Bonchev–Trinajstić information content (AvgIpc) is 3.69. The van der Waals surface area contributed by atoms with Crippen molar-refractivity contribution >= 4 is 54.1 Å². The van der Waals surface area contributed by atoms with Gasteiger partial charge in [-0.3, -0.25) is 0 Å². The number of benzene rings is 10. The molecule has 0 spiro atoms. The molecular formula is C57H36N4. The summed E-state index contributed by atoms with van der Waals surface area (Å²) in [7, 11) is 0. The van der Waals surface area contributed by atoms with Gasteiger partial charge in [-0.2, -0.15) is 0 Å². The highest BCUT2D eigenvalue weighted by atomic mass is 15.0. The van der Waals surface area contributed by atoms with Crippen molar-refractivity contribution < 1.29 is 0 Å². The van der Waals surface area contributed by atoms with Crippen LogP contribution >= 0.6 is 0 Å². The Bertz CT molecular complexity index is 3590. The molecule has 0 atom stereocenters. The van der Waals surface area contributed by atoms with Gasteiger partial charge in [-0.1, -0.05) is 170 Å². The van der Waals surface area contributed by atoms with Crippen molar-refractivity contribution in [2.45, 2.75) is 0 Å². The molecule has 0 N–H and O–H groups in total. The van der Waals surface area contributed by atoms with E-state index in [1.54, 1.807) is 0 Å². The first-order chi connectivity index (χ1) is 30.2. The molecule has 0 aliphatic carbocycles. The fourth-order valence-electron chi connectivity index (χ4n) is 8.94. The number of aromatic nitrogens is 4. The van der Waals surface area contributed by atoms with Gasteiger partial charge in [0.15, 0.2) is 17.5 Å². The number of nitrogens with zero attached hydrogens (tertiary/aromatic N) is 4. The predicted molar refractivity (Wildman–Crippen MR) is 254 cm³/mol. The molecule has 0 unspecified atom stereocenters. The highest BCUT2D eigenvalue weighted by molar-refractivity contribution is 6.22. The standard InChI is InChI=1S/C57H36N4/c1-3-13-40(14-4-1)55-58-56(41-15-5-2-6-16-41)60-57(59-55)47-18-11-19-49(35-47)61-52-21-10-9-20-50(52)54-51-36-46(29-25-39(51)30-31-53(54)61)45-28-24-38-23-27-44(33-48(38)34-45)43-26-22-37-12-7-8-17-42(37)32-43/h1-36H. The molecule has 0 amide bonds. The number of hydrogen-bond donors (Lipinski definition) is 0. The first kappa shape index (κ1) is 34.8. The molecule has 10 aromatic carbocycles. The van der Waals surface area contributed by atoms with Gasteiger partial charge < -0.3 is 4.57 Å². The van der Waals surface area contributed by atoms with E-state index < -0.39 is 0 Å². The molecule has 284 valence electrons. The first-order valence-corrected chi connectivity index (χ1v) is 20.7. The minimum absolute atomic E-state index is 0.630. The van der Waals surface area contributed by atoms with E-state index in [9.17, 15) is 0 Å². The van der Waals surface area contributed by atoms with Gasteiger partial charge in [-0.25, -0.2) is 15.0 Å². The van der Waals surface area contributed by atoms with Crippen LogP contribution in [0.4, 0.5) is 0 Å². The van der Waals surface area contributed by atoms with Crippen LogP contribution in [0.2, 0.25) is 0 Å². The van der Waals surface area contributed by atoms with E-state index in [2.05, 4.69) is 162 Å². The van der Waals surface area contributed by atoms with Gasteiger partial charge in [0.25, 0.3) is 0 Å². The van der Waals surface area contributed by atoms with Crippen molar-refractivity contribution in [3.63, 3.8) is 0 Å². The molecule has 0 radical (unpaired) electrons. The second-order valence-corrected chi connectivity index (χ2v) is 15.7. The van der Waals surface area contributed by atoms with Crippen molar-refractivity contribution in [2.24, 2.45) is 0 Å². The van der Waals surface area contributed by atoms with E-state index in [0.29, 0.717) is 17.5 Å². The zero-order chi connectivity index (χ0) is 40.3. The zero-order valence-corrected chi connectivity index (χ0v) is 33.1. The van der Waals surface area contributed by atoms with Crippen molar-refractivity contribution in [2.75, 3.05) is 0 Å². The third kappa shape index (κ3) is 6.12. The van der Waals surface area contributed by atoms with Crippen LogP contribution in [-0.2, 0) is 0 Å². The van der Waals surface area contributed by atoms with E-state index in [-0.39, 0.29) is 0 Å². The van der Waals surface area contributed by atoms with Crippen molar-refractivity contribution in [1.29, 1.82) is 0 Å². The van der Waals surface area contributed by atoms with Crippen LogP contribution in [0.3, 0.4) is 0 Å². The normalized spacial score (nSPS) is 11.6. The van der Waals surface area contributed by atoms with Crippen molar-refractivity contribution in [3.05, 3.63) is 218 Å². The molecule has 0 fully saturated rings. The molecule has 0 saturated carbocycles. The molecule has 0 saturated heterocycles. The monoisotopic (exact) mass is 776 g/mol. The maximum absolute atomic E-state index is 5.04. The van der Waals surface area contributed by atoms with E-state index in [1.807, 2.05) is 60.7 Å². The number of rotatable bonds is 6. The molecule has 12 rings (SSSR count). The third-order valence-electron chi connectivity index (χ3n) is 12.0. The Kier molecular flexibility index (Phi) is 8.13. The number of hydrogen-bond acceptors (Lipinski definition) is 3. The van der Waals surface area contributed by atoms with E-state index in [4.69, 9.17) is 15.0 Å². The van der Waals surface area contributed by atoms with Gasteiger partial charge in [0.1, 0.15) is 0 Å². The van der Waals surface area contributed by atoms with Crippen LogP contribution in [0, 0.1) is 0 Å². The lowest BCUT2D eigenvalue weighted by Gasteiger charge is -2.12.